The Morgan fingerprint density at radius 3 is 2.70 bits per heavy atom. The minimum atomic E-state index is -1.04. The lowest BCUT2D eigenvalue weighted by molar-refractivity contribution is 0.314. The quantitative estimate of drug-likeness (QED) is 0.435. The number of nitrogens with one attached hydrogen (secondary N) is 1. The lowest BCUT2D eigenvalue weighted by atomic mass is 10.1. The summed E-state index contributed by atoms with van der Waals surface area (Å²) >= 11 is 0. The normalized spacial score (nSPS) is 12.5. The van der Waals surface area contributed by atoms with Crippen molar-refractivity contribution < 1.29 is 17.9 Å². The molecular formula is C22H17F3N6O2. The van der Waals surface area contributed by atoms with E-state index in [-0.39, 0.29) is 35.0 Å². The van der Waals surface area contributed by atoms with Crippen LogP contribution in [0.25, 0.3) is 28.1 Å². The van der Waals surface area contributed by atoms with E-state index in [0.717, 1.165) is 12.1 Å². The number of benzene rings is 2. The number of ether oxygens (including phenoxy) is 1. The van der Waals surface area contributed by atoms with Gasteiger partial charge >= 0.3 is 5.69 Å². The van der Waals surface area contributed by atoms with Gasteiger partial charge in [0.2, 0.25) is 5.95 Å². The van der Waals surface area contributed by atoms with Gasteiger partial charge in [-0.25, -0.2) is 27.9 Å². The van der Waals surface area contributed by atoms with E-state index in [9.17, 15) is 18.0 Å². The van der Waals surface area contributed by atoms with Gasteiger partial charge in [0.15, 0.2) is 28.8 Å². The number of para-hydroxylation sites is 1. The van der Waals surface area contributed by atoms with Crippen LogP contribution in [-0.4, -0.2) is 35.7 Å². The molecule has 33 heavy (non-hydrogen) atoms. The minimum absolute atomic E-state index is 0.0566. The number of imidazole rings is 2. The van der Waals surface area contributed by atoms with Gasteiger partial charge in [-0.2, -0.15) is 4.98 Å². The van der Waals surface area contributed by atoms with Crippen LogP contribution >= 0.6 is 0 Å². The first kappa shape index (κ1) is 20.7. The summed E-state index contributed by atoms with van der Waals surface area (Å²) in [6.45, 7) is 3.71. The highest BCUT2D eigenvalue weighted by atomic mass is 19.2. The second kappa shape index (κ2) is 7.76. The van der Waals surface area contributed by atoms with Crippen molar-refractivity contribution in [3.63, 3.8) is 0 Å². The van der Waals surface area contributed by atoms with Gasteiger partial charge in [0.05, 0.1) is 29.9 Å². The smallest absolute Gasteiger partial charge is 0.328 e. The van der Waals surface area contributed by atoms with Crippen LogP contribution in [0, 0.1) is 17.5 Å². The first-order valence-corrected chi connectivity index (χ1v) is 10.1. The van der Waals surface area contributed by atoms with Gasteiger partial charge in [0, 0.05) is 17.7 Å². The summed E-state index contributed by atoms with van der Waals surface area (Å²) in [5.74, 6) is -2.44. The molecule has 0 aliphatic heterocycles. The molecule has 0 amide bonds. The molecule has 1 N–H and O–H groups in total. The monoisotopic (exact) mass is 454 g/mol. The minimum Gasteiger partial charge on any atom is -0.490 e. The molecule has 0 aliphatic carbocycles. The number of aromatic amines is 1. The highest BCUT2D eigenvalue weighted by molar-refractivity contribution is 5.77. The van der Waals surface area contributed by atoms with Crippen LogP contribution in [0.2, 0.25) is 0 Å². The van der Waals surface area contributed by atoms with Gasteiger partial charge in [-0.15, -0.1) is 0 Å². The number of rotatable bonds is 5. The molecular weight excluding hydrogens is 437 g/mol. The largest absolute Gasteiger partial charge is 0.490 e. The summed E-state index contributed by atoms with van der Waals surface area (Å²) in [4.78, 5) is 28.3. The van der Waals surface area contributed by atoms with Crippen LogP contribution < -0.4 is 10.4 Å². The summed E-state index contributed by atoms with van der Waals surface area (Å²) in [5.41, 5.74) is 1.07. The Morgan fingerprint density at radius 1 is 1.12 bits per heavy atom. The second-order valence-corrected chi connectivity index (χ2v) is 7.34. The van der Waals surface area contributed by atoms with Crippen molar-refractivity contribution in [1.29, 1.82) is 0 Å². The van der Waals surface area contributed by atoms with Crippen LogP contribution in [-0.2, 0) is 0 Å². The topological polar surface area (TPSA) is 90.6 Å². The summed E-state index contributed by atoms with van der Waals surface area (Å²) in [6.07, 6.45) is 2.74. The molecule has 0 fully saturated rings. The molecule has 0 saturated carbocycles. The Bertz CT molecular complexity index is 1570. The average Bonchev–Trinajstić information content (AvgIpc) is 3.34. The van der Waals surface area contributed by atoms with Crippen LogP contribution in [0.3, 0.4) is 0 Å². The molecule has 0 bridgehead atoms. The van der Waals surface area contributed by atoms with Crippen LogP contribution in [0.4, 0.5) is 13.2 Å². The number of nitrogens with zero attached hydrogens (tertiary/aromatic N) is 5. The van der Waals surface area contributed by atoms with Gasteiger partial charge in [0.1, 0.15) is 11.8 Å². The number of hydrogen-bond donors (Lipinski definition) is 1. The maximum absolute atomic E-state index is 14.4. The summed E-state index contributed by atoms with van der Waals surface area (Å²) < 4.78 is 50.0. The average molecular weight is 454 g/mol. The van der Waals surface area contributed by atoms with Crippen molar-refractivity contribution in [3.05, 3.63) is 76.4 Å². The van der Waals surface area contributed by atoms with Crippen molar-refractivity contribution >= 4 is 22.2 Å². The maximum Gasteiger partial charge on any atom is 0.328 e. The zero-order valence-electron chi connectivity index (χ0n) is 17.5. The van der Waals surface area contributed by atoms with Gasteiger partial charge in [-0.05, 0) is 19.9 Å². The Morgan fingerprint density at radius 2 is 1.91 bits per heavy atom. The van der Waals surface area contributed by atoms with E-state index in [1.165, 1.54) is 33.8 Å². The zero-order chi connectivity index (χ0) is 23.3. The predicted molar refractivity (Wildman–Crippen MR) is 114 cm³/mol. The third-order valence-electron chi connectivity index (χ3n) is 5.37. The molecule has 1 atom stereocenters. The molecule has 168 valence electrons. The fraction of sp³-hybridized carbons (Fsp3) is 0.182. The number of H-pyrrole nitrogens is 1. The predicted octanol–water partition coefficient (Wildman–Crippen LogP) is 3.88. The lowest BCUT2D eigenvalue weighted by Crippen LogP contribution is -2.22. The van der Waals surface area contributed by atoms with E-state index in [1.54, 1.807) is 19.9 Å². The molecule has 11 heteroatoms. The van der Waals surface area contributed by atoms with Crippen molar-refractivity contribution in [2.45, 2.75) is 19.9 Å². The number of halogens is 3. The van der Waals surface area contributed by atoms with E-state index in [4.69, 9.17) is 4.74 Å². The third kappa shape index (κ3) is 3.32. The van der Waals surface area contributed by atoms with Crippen LogP contribution in [0.15, 0.2) is 47.7 Å². The van der Waals surface area contributed by atoms with E-state index in [2.05, 4.69) is 19.9 Å². The molecule has 3 heterocycles. The van der Waals surface area contributed by atoms with Crippen molar-refractivity contribution in [1.82, 2.24) is 29.1 Å². The molecule has 5 aromatic rings. The number of hydrogen-bond acceptors (Lipinski definition) is 5. The van der Waals surface area contributed by atoms with Crippen LogP contribution in [0.5, 0.6) is 5.75 Å². The maximum atomic E-state index is 14.4. The number of fused-ring (bicyclic) bond motifs is 2. The first-order chi connectivity index (χ1) is 15.9. The fourth-order valence-electron chi connectivity index (χ4n) is 3.84. The highest BCUT2D eigenvalue weighted by Crippen LogP contribution is 2.31. The molecule has 5 rings (SSSR count). The highest BCUT2D eigenvalue weighted by Gasteiger charge is 2.22. The Kier molecular flexibility index (Phi) is 4.88. The molecule has 0 spiro atoms. The van der Waals surface area contributed by atoms with E-state index in [1.807, 2.05) is 0 Å². The molecule has 0 saturated heterocycles. The van der Waals surface area contributed by atoms with Crippen LogP contribution in [0.1, 0.15) is 25.5 Å². The second-order valence-electron chi connectivity index (χ2n) is 7.34. The summed E-state index contributed by atoms with van der Waals surface area (Å²) in [7, 11) is 0. The van der Waals surface area contributed by atoms with Crippen molar-refractivity contribution in [2.24, 2.45) is 0 Å². The molecule has 0 aliphatic rings. The van der Waals surface area contributed by atoms with Gasteiger partial charge in [0.25, 0.3) is 0 Å². The molecule has 0 unspecified atom stereocenters. The Hall–Kier alpha value is -4.15. The fourth-order valence-corrected chi connectivity index (χ4v) is 3.84. The Labute approximate surface area is 184 Å². The summed E-state index contributed by atoms with van der Waals surface area (Å²) in [6, 6.07) is 5.83. The molecule has 2 aromatic carbocycles. The zero-order valence-corrected chi connectivity index (χ0v) is 17.5. The van der Waals surface area contributed by atoms with E-state index >= 15 is 0 Å². The van der Waals surface area contributed by atoms with Crippen molar-refractivity contribution in [3.8, 4) is 11.7 Å². The van der Waals surface area contributed by atoms with E-state index in [0.29, 0.717) is 11.1 Å². The lowest BCUT2D eigenvalue weighted by Gasteiger charge is -2.18. The van der Waals surface area contributed by atoms with Gasteiger partial charge in [-0.3, -0.25) is 9.13 Å². The Balaban J connectivity index is 1.68. The third-order valence-corrected chi connectivity index (χ3v) is 5.37. The first-order valence-electron chi connectivity index (χ1n) is 10.1. The van der Waals surface area contributed by atoms with Gasteiger partial charge < -0.3 is 9.72 Å². The molecule has 0 radical (unpaired) electrons. The van der Waals surface area contributed by atoms with Crippen molar-refractivity contribution in [2.75, 3.05) is 6.61 Å². The summed E-state index contributed by atoms with van der Waals surface area (Å²) in [5, 5.41) is 0. The standard InChI is InChI=1S/C22H17F3N6O2/c1-3-33-19-12(5-4-6-13(19)23)11(2)31-20-17(28-22(31)32)9-26-21(29-20)30-10-27-16-7-14(24)15(25)8-18(16)30/h4-11H,3H2,1-2H3,(H,28,32)/t11-/m1/s1. The van der Waals surface area contributed by atoms with E-state index < -0.39 is 29.2 Å². The van der Waals surface area contributed by atoms with Gasteiger partial charge in [-0.1, -0.05) is 12.1 Å². The number of aromatic nitrogens is 6. The SMILES string of the molecule is CCOc1c(F)cccc1[C@@H](C)n1c(=O)[nH]c2cnc(-n3cnc4cc(F)c(F)cc43)nc21. The molecule has 8 nitrogen and oxygen atoms in total. The molecule has 3 aromatic heterocycles.